The summed E-state index contributed by atoms with van der Waals surface area (Å²) in [5, 5.41) is 0. The van der Waals surface area contributed by atoms with Crippen molar-refractivity contribution in [3.63, 3.8) is 0 Å². The number of aliphatic imine (C=N–C) groups is 1. The summed E-state index contributed by atoms with van der Waals surface area (Å²) in [5.74, 6) is 2.98. The van der Waals surface area contributed by atoms with Crippen LogP contribution in [0.2, 0.25) is 0 Å². The van der Waals surface area contributed by atoms with Crippen LogP contribution in [-0.4, -0.2) is 12.8 Å². The fourth-order valence-electron chi connectivity index (χ4n) is 3.11. The van der Waals surface area contributed by atoms with E-state index in [0.29, 0.717) is 24.7 Å². The lowest BCUT2D eigenvalue weighted by Crippen LogP contribution is -2.00. The van der Waals surface area contributed by atoms with Crippen LogP contribution >= 0.6 is 15.9 Å². The van der Waals surface area contributed by atoms with Gasteiger partial charge in [0.1, 0.15) is 18.1 Å². The molecule has 4 rings (SSSR count). The molecule has 0 aliphatic rings. The molecule has 0 aliphatic carbocycles. The first kappa shape index (κ1) is 22.6. The van der Waals surface area contributed by atoms with E-state index in [1.165, 1.54) is 0 Å². The van der Waals surface area contributed by atoms with E-state index in [2.05, 4.69) is 20.9 Å². The average Bonchev–Trinajstić information content (AvgIpc) is 2.85. The highest BCUT2D eigenvalue weighted by Crippen LogP contribution is 2.29. The third-order valence-corrected chi connectivity index (χ3v) is 5.28. The highest BCUT2D eigenvalue weighted by molar-refractivity contribution is 9.10. The van der Waals surface area contributed by atoms with Gasteiger partial charge < -0.3 is 14.2 Å². The zero-order chi connectivity index (χ0) is 22.9. The van der Waals surface area contributed by atoms with Gasteiger partial charge in [-0.1, -0.05) is 46.3 Å². The second-order valence-corrected chi connectivity index (χ2v) is 8.14. The number of benzene rings is 4. The lowest BCUT2D eigenvalue weighted by molar-refractivity contribution is 0.269. The summed E-state index contributed by atoms with van der Waals surface area (Å²) >= 11 is 3.45. The van der Waals surface area contributed by atoms with Gasteiger partial charge in [0.15, 0.2) is 11.5 Å². The molecule has 0 aromatic heterocycles. The Hall–Kier alpha value is -3.57. The van der Waals surface area contributed by atoms with Crippen LogP contribution in [0.4, 0.5) is 5.69 Å². The lowest BCUT2D eigenvalue weighted by atomic mass is 10.2. The predicted molar refractivity (Wildman–Crippen MR) is 136 cm³/mol. The predicted octanol–water partition coefficient (Wildman–Crippen LogP) is 7.97. The first-order valence-electron chi connectivity index (χ1n) is 10.7. The summed E-state index contributed by atoms with van der Waals surface area (Å²) < 4.78 is 18.7. The molecule has 0 aliphatic heterocycles. The molecule has 4 aromatic rings. The lowest BCUT2D eigenvalue weighted by Gasteiger charge is -2.12. The van der Waals surface area contributed by atoms with Crippen LogP contribution < -0.4 is 14.2 Å². The molecule has 5 heteroatoms. The maximum absolute atomic E-state index is 6.00. The Morgan fingerprint density at radius 1 is 0.758 bits per heavy atom. The van der Waals surface area contributed by atoms with Gasteiger partial charge in [0, 0.05) is 10.7 Å². The normalized spacial score (nSPS) is 10.8. The number of rotatable bonds is 9. The number of nitrogens with zero attached hydrogens (tertiary/aromatic N) is 1. The Balaban J connectivity index is 1.41. The van der Waals surface area contributed by atoms with Crippen LogP contribution in [-0.2, 0) is 6.61 Å². The van der Waals surface area contributed by atoms with Crippen molar-refractivity contribution in [3.05, 3.63) is 113 Å². The molecule has 0 amide bonds. The Labute approximate surface area is 202 Å². The van der Waals surface area contributed by atoms with Gasteiger partial charge in [-0.25, -0.2) is 0 Å². The van der Waals surface area contributed by atoms with E-state index >= 15 is 0 Å². The molecule has 4 nitrogen and oxygen atoms in total. The topological polar surface area (TPSA) is 40.0 Å². The molecular formula is C28H24BrNO3. The Morgan fingerprint density at radius 3 is 2.21 bits per heavy atom. The Bertz CT molecular complexity index is 1190. The van der Waals surface area contributed by atoms with Gasteiger partial charge in [-0.3, -0.25) is 4.99 Å². The zero-order valence-corrected chi connectivity index (χ0v) is 19.9. The van der Waals surface area contributed by atoms with Gasteiger partial charge >= 0.3 is 0 Å². The van der Waals surface area contributed by atoms with Gasteiger partial charge in [-0.05, 0) is 84.8 Å². The highest BCUT2D eigenvalue weighted by Gasteiger charge is 2.07. The molecule has 0 atom stereocenters. The van der Waals surface area contributed by atoms with Crippen LogP contribution in [0.1, 0.15) is 18.1 Å². The third kappa shape index (κ3) is 6.70. The first-order valence-corrected chi connectivity index (χ1v) is 11.5. The SMILES string of the molecule is CCOc1cc(C=Nc2ccc(Oc3ccccc3)cc2)ccc1OCc1ccc(Br)cc1. The van der Waals surface area contributed by atoms with Crippen molar-refractivity contribution in [1.82, 2.24) is 0 Å². The van der Waals surface area contributed by atoms with Crippen molar-refractivity contribution >= 4 is 27.8 Å². The quantitative estimate of drug-likeness (QED) is 0.218. The van der Waals surface area contributed by atoms with Crippen molar-refractivity contribution in [3.8, 4) is 23.0 Å². The van der Waals surface area contributed by atoms with Crippen molar-refractivity contribution in [2.75, 3.05) is 6.61 Å². The summed E-state index contributed by atoms with van der Waals surface area (Å²) in [4.78, 5) is 4.58. The molecular weight excluding hydrogens is 478 g/mol. The molecule has 0 saturated carbocycles. The van der Waals surface area contributed by atoms with Crippen LogP contribution in [0.3, 0.4) is 0 Å². The fraction of sp³-hybridized carbons (Fsp3) is 0.107. The number of hydrogen-bond donors (Lipinski definition) is 0. The largest absolute Gasteiger partial charge is 0.490 e. The number of hydrogen-bond acceptors (Lipinski definition) is 4. The van der Waals surface area contributed by atoms with Crippen molar-refractivity contribution < 1.29 is 14.2 Å². The van der Waals surface area contributed by atoms with Crippen LogP contribution in [0.15, 0.2) is 107 Å². The van der Waals surface area contributed by atoms with E-state index < -0.39 is 0 Å². The standard InChI is InChI=1S/C28H24BrNO3/c1-2-31-28-18-22(10-17-27(28)32-20-21-8-11-23(29)12-9-21)19-30-24-13-15-26(16-14-24)33-25-6-4-3-5-7-25/h3-19H,2,20H2,1H3. The molecule has 0 fully saturated rings. The first-order chi connectivity index (χ1) is 16.2. The summed E-state index contributed by atoms with van der Waals surface area (Å²) in [6.07, 6.45) is 1.81. The second-order valence-electron chi connectivity index (χ2n) is 7.22. The van der Waals surface area contributed by atoms with E-state index in [-0.39, 0.29) is 0 Å². The van der Waals surface area contributed by atoms with Gasteiger partial charge in [-0.15, -0.1) is 0 Å². The van der Waals surface area contributed by atoms with Crippen LogP contribution in [0, 0.1) is 0 Å². The monoisotopic (exact) mass is 501 g/mol. The molecule has 0 N–H and O–H groups in total. The average molecular weight is 502 g/mol. The maximum atomic E-state index is 6.00. The van der Waals surface area contributed by atoms with Crippen molar-refractivity contribution in [2.24, 2.45) is 4.99 Å². The van der Waals surface area contributed by atoms with Crippen LogP contribution in [0.25, 0.3) is 0 Å². The van der Waals surface area contributed by atoms with Crippen molar-refractivity contribution in [2.45, 2.75) is 13.5 Å². The van der Waals surface area contributed by atoms with Gasteiger partial charge in [0.05, 0.1) is 12.3 Å². The molecule has 0 heterocycles. The highest BCUT2D eigenvalue weighted by atomic mass is 79.9. The number of para-hydroxylation sites is 1. The minimum Gasteiger partial charge on any atom is -0.490 e. The van der Waals surface area contributed by atoms with E-state index in [0.717, 1.165) is 32.8 Å². The fourth-order valence-corrected chi connectivity index (χ4v) is 3.37. The van der Waals surface area contributed by atoms with Crippen molar-refractivity contribution in [1.29, 1.82) is 0 Å². The molecule has 0 spiro atoms. The third-order valence-electron chi connectivity index (χ3n) is 4.75. The number of halogens is 1. The smallest absolute Gasteiger partial charge is 0.161 e. The minimum absolute atomic E-state index is 0.470. The minimum atomic E-state index is 0.470. The van der Waals surface area contributed by atoms with E-state index in [4.69, 9.17) is 14.2 Å². The van der Waals surface area contributed by atoms with E-state index in [1.54, 1.807) is 0 Å². The molecule has 0 bridgehead atoms. The second kappa shape index (κ2) is 11.3. The van der Waals surface area contributed by atoms with Gasteiger partial charge in [0.25, 0.3) is 0 Å². The summed E-state index contributed by atoms with van der Waals surface area (Å²) in [7, 11) is 0. The molecule has 166 valence electrons. The van der Waals surface area contributed by atoms with Gasteiger partial charge in [0.2, 0.25) is 0 Å². The number of ether oxygens (including phenoxy) is 3. The zero-order valence-electron chi connectivity index (χ0n) is 18.3. The summed E-state index contributed by atoms with van der Waals surface area (Å²) in [6, 6.07) is 31.3. The summed E-state index contributed by atoms with van der Waals surface area (Å²) in [6.45, 7) is 2.98. The molecule has 0 saturated heterocycles. The molecule has 0 radical (unpaired) electrons. The van der Waals surface area contributed by atoms with E-state index in [9.17, 15) is 0 Å². The molecule has 0 unspecified atom stereocenters. The van der Waals surface area contributed by atoms with E-state index in [1.807, 2.05) is 110 Å². The Morgan fingerprint density at radius 2 is 1.48 bits per heavy atom. The molecule has 4 aromatic carbocycles. The van der Waals surface area contributed by atoms with Gasteiger partial charge in [-0.2, -0.15) is 0 Å². The maximum Gasteiger partial charge on any atom is 0.161 e. The molecule has 33 heavy (non-hydrogen) atoms. The summed E-state index contributed by atoms with van der Waals surface area (Å²) in [5.41, 5.74) is 2.86. The van der Waals surface area contributed by atoms with Crippen LogP contribution in [0.5, 0.6) is 23.0 Å². The Kier molecular flexibility index (Phi) is 7.77.